The van der Waals surface area contributed by atoms with Crippen LogP contribution < -0.4 is 14.8 Å². The maximum atomic E-state index is 12.8. The lowest BCUT2D eigenvalue weighted by Crippen LogP contribution is -2.04. The summed E-state index contributed by atoms with van der Waals surface area (Å²) in [6.07, 6.45) is 0.842. The quantitative estimate of drug-likeness (QED) is 0.934. The van der Waals surface area contributed by atoms with Crippen LogP contribution in [-0.2, 0) is 6.42 Å². The summed E-state index contributed by atoms with van der Waals surface area (Å²) in [5.41, 5.74) is 2.10. The Morgan fingerprint density at radius 1 is 1.00 bits per heavy atom. The fraction of sp³-hybridized carbons (Fsp3) is 0.200. The minimum absolute atomic E-state index is 0. The van der Waals surface area contributed by atoms with Crippen molar-refractivity contribution in [2.45, 2.75) is 6.42 Å². The molecule has 1 heterocycles. The van der Waals surface area contributed by atoms with Crippen LogP contribution in [0, 0.1) is 5.82 Å². The third-order valence-electron chi connectivity index (χ3n) is 3.03. The highest BCUT2D eigenvalue weighted by molar-refractivity contribution is 5.85. The largest absolute Gasteiger partial charge is 0.454 e. The number of hydrogen-bond acceptors (Lipinski definition) is 3. The molecule has 5 heteroatoms. The first kappa shape index (κ1) is 14.5. The first-order chi connectivity index (χ1) is 9.31. The molecule has 0 atom stereocenters. The van der Waals surface area contributed by atoms with Crippen molar-refractivity contribution in [2.24, 2.45) is 0 Å². The van der Waals surface area contributed by atoms with Crippen molar-refractivity contribution in [2.75, 3.05) is 18.7 Å². The molecule has 0 aliphatic carbocycles. The topological polar surface area (TPSA) is 30.5 Å². The summed E-state index contributed by atoms with van der Waals surface area (Å²) in [6, 6.07) is 12.3. The Kier molecular flexibility index (Phi) is 4.69. The van der Waals surface area contributed by atoms with E-state index in [0.29, 0.717) is 0 Å². The number of nitrogens with one attached hydrogen (secondary N) is 1. The number of fused-ring (bicyclic) bond motifs is 1. The Hall–Kier alpha value is -1.94. The monoisotopic (exact) mass is 295 g/mol. The van der Waals surface area contributed by atoms with E-state index in [2.05, 4.69) is 5.32 Å². The van der Waals surface area contributed by atoms with Crippen molar-refractivity contribution in [1.29, 1.82) is 0 Å². The molecular formula is C15H15ClFNO2. The second-order valence-electron chi connectivity index (χ2n) is 4.37. The van der Waals surface area contributed by atoms with Crippen molar-refractivity contribution < 1.29 is 13.9 Å². The lowest BCUT2D eigenvalue weighted by molar-refractivity contribution is 0.174. The normalized spacial score (nSPS) is 11.8. The number of hydrogen-bond donors (Lipinski definition) is 1. The summed E-state index contributed by atoms with van der Waals surface area (Å²) in [5, 5.41) is 3.31. The Morgan fingerprint density at radius 3 is 2.55 bits per heavy atom. The fourth-order valence-electron chi connectivity index (χ4n) is 2.01. The predicted octanol–water partition coefficient (Wildman–Crippen LogP) is 3.63. The van der Waals surface area contributed by atoms with Gasteiger partial charge in [-0.1, -0.05) is 12.1 Å². The second-order valence-corrected chi connectivity index (χ2v) is 4.37. The van der Waals surface area contributed by atoms with Crippen molar-refractivity contribution in [3.63, 3.8) is 0 Å². The summed E-state index contributed by atoms with van der Waals surface area (Å²) < 4.78 is 23.3. The van der Waals surface area contributed by atoms with Crippen LogP contribution in [0.3, 0.4) is 0 Å². The zero-order valence-electron chi connectivity index (χ0n) is 10.8. The highest BCUT2D eigenvalue weighted by Gasteiger charge is 2.12. The van der Waals surface area contributed by atoms with Gasteiger partial charge in [-0.05, 0) is 36.2 Å². The van der Waals surface area contributed by atoms with Crippen LogP contribution in [-0.4, -0.2) is 13.3 Å². The number of rotatable bonds is 4. The molecule has 0 radical (unpaired) electrons. The van der Waals surface area contributed by atoms with Gasteiger partial charge in [0, 0.05) is 18.3 Å². The lowest BCUT2D eigenvalue weighted by Gasteiger charge is -2.07. The lowest BCUT2D eigenvalue weighted by atomic mass is 10.1. The summed E-state index contributed by atoms with van der Waals surface area (Å²) in [5.74, 6) is 1.35. The molecule has 2 aromatic carbocycles. The van der Waals surface area contributed by atoms with E-state index in [1.807, 2.05) is 18.2 Å². The van der Waals surface area contributed by atoms with Crippen LogP contribution in [0.1, 0.15) is 5.56 Å². The van der Waals surface area contributed by atoms with E-state index in [4.69, 9.17) is 9.47 Å². The van der Waals surface area contributed by atoms with Gasteiger partial charge in [0.2, 0.25) is 6.79 Å². The Bertz CT molecular complexity index is 575. The first-order valence-electron chi connectivity index (χ1n) is 6.19. The van der Waals surface area contributed by atoms with Gasteiger partial charge in [0.05, 0.1) is 0 Å². The summed E-state index contributed by atoms with van der Waals surface area (Å²) in [4.78, 5) is 0. The molecule has 0 saturated carbocycles. The van der Waals surface area contributed by atoms with E-state index >= 15 is 0 Å². The number of halogens is 2. The fourth-order valence-corrected chi connectivity index (χ4v) is 2.01. The van der Waals surface area contributed by atoms with Crippen LogP contribution >= 0.6 is 12.4 Å². The van der Waals surface area contributed by atoms with Crippen molar-refractivity contribution >= 4 is 18.1 Å². The molecular weight excluding hydrogens is 281 g/mol. The van der Waals surface area contributed by atoms with Crippen LogP contribution in [0.4, 0.5) is 10.1 Å². The Balaban J connectivity index is 0.00000147. The number of benzene rings is 2. The average Bonchev–Trinajstić information content (AvgIpc) is 2.88. The Labute approximate surface area is 123 Å². The smallest absolute Gasteiger partial charge is 0.231 e. The maximum Gasteiger partial charge on any atom is 0.231 e. The molecule has 0 unspecified atom stereocenters. The van der Waals surface area contributed by atoms with Crippen LogP contribution in [0.2, 0.25) is 0 Å². The molecule has 3 rings (SSSR count). The minimum atomic E-state index is -0.201. The summed E-state index contributed by atoms with van der Waals surface area (Å²) in [6.45, 7) is 1.07. The van der Waals surface area contributed by atoms with E-state index < -0.39 is 0 Å². The maximum absolute atomic E-state index is 12.8. The van der Waals surface area contributed by atoms with Gasteiger partial charge in [-0.2, -0.15) is 0 Å². The molecule has 0 spiro atoms. The van der Waals surface area contributed by atoms with Crippen molar-refractivity contribution in [3.8, 4) is 11.5 Å². The molecule has 0 fully saturated rings. The van der Waals surface area contributed by atoms with Gasteiger partial charge in [0.25, 0.3) is 0 Å². The van der Waals surface area contributed by atoms with Crippen LogP contribution in [0.25, 0.3) is 0 Å². The molecule has 0 saturated heterocycles. The van der Waals surface area contributed by atoms with Gasteiger partial charge in [-0.25, -0.2) is 4.39 Å². The molecule has 1 N–H and O–H groups in total. The molecule has 20 heavy (non-hydrogen) atoms. The molecule has 3 nitrogen and oxygen atoms in total. The molecule has 0 amide bonds. The van der Waals surface area contributed by atoms with E-state index in [9.17, 15) is 4.39 Å². The first-order valence-corrected chi connectivity index (χ1v) is 6.19. The number of anilines is 1. The Morgan fingerprint density at radius 2 is 1.75 bits per heavy atom. The van der Waals surface area contributed by atoms with Gasteiger partial charge in [-0.3, -0.25) is 0 Å². The highest BCUT2D eigenvalue weighted by atomic mass is 35.5. The van der Waals surface area contributed by atoms with E-state index in [1.54, 1.807) is 12.1 Å². The predicted molar refractivity (Wildman–Crippen MR) is 78.4 cm³/mol. The molecule has 0 aromatic heterocycles. The summed E-state index contributed by atoms with van der Waals surface area (Å²) >= 11 is 0. The van der Waals surface area contributed by atoms with Gasteiger partial charge >= 0.3 is 0 Å². The molecule has 2 aromatic rings. The molecule has 106 valence electrons. The second kappa shape index (κ2) is 6.48. The summed E-state index contributed by atoms with van der Waals surface area (Å²) in [7, 11) is 0. The SMILES string of the molecule is Cl.Fc1ccc(CCNc2ccc3c(c2)OCO3)cc1. The zero-order valence-corrected chi connectivity index (χ0v) is 11.6. The van der Waals surface area contributed by atoms with Gasteiger partial charge in [0.15, 0.2) is 11.5 Å². The van der Waals surface area contributed by atoms with Gasteiger partial charge in [-0.15, -0.1) is 12.4 Å². The third kappa shape index (κ3) is 3.33. The van der Waals surface area contributed by atoms with Crippen molar-refractivity contribution in [1.82, 2.24) is 0 Å². The van der Waals surface area contributed by atoms with E-state index in [0.717, 1.165) is 35.7 Å². The van der Waals surface area contributed by atoms with Gasteiger partial charge < -0.3 is 14.8 Å². The van der Waals surface area contributed by atoms with E-state index in [1.165, 1.54) is 12.1 Å². The molecule has 0 bridgehead atoms. The van der Waals surface area contributed by atoms with Crippen molar-refractivity contribution in [3.05, 3.63) is 53.8 Å². The standard InChI is InChI=1S/C15H14FNO2.ClH/c16-12-3-1-11(2-4-12)7-8-17-13-5-6-14-15(9-13)19-10-18-14;/h1-6,9,17H,7-8,10H2;1H. The third-order valence-corrected chi connectivity index (χ3v) is 3.03. The minimum Gasteiger partial charge on any atom is -0.454 e. The average molecular weight is 296 g/mol. The molecule has 1 aliphatic rings. The van der Waals surface area contributed by atoms with Crippen LogP contribution in [0.5, 0.6) is 11.5 Å². The van der Waals surface area contributed by atoms with Gasteiger partial charge in [0.1, 0.15) is 5.82 Å². The highest BCUT2D eigenvalue weighted by Crippen LogP contribution is 2.34. The molecule has 1 aliphatic heterocycles. The number of ether oxygens (including phenoxy) is 2. The van der Waals surface area contributed by atoms with Crippen LogP contribution in [0.15, 0.2) is 42.5 Å². The zero-order chi connectivity index (χ0) is 13.1. The van der Waals surface area contributed by atoms with E-state index in [-0.39, 0.29) is 25.0 Å².